The van der Waals surface area contributed by atoms with Gasteiger partial charge in [0.05, 0.1) is 0 Å². The van der Waals surface area contributed by atoms with Gasteiger partial charge in [0.2, 0.25) is 0 Å². The van der Waals surface area contributed by atoms with E-state index in [0.717, 1.165) is 5.02 Å². The van der Waals surface area contributed by atoms with Crippen molar-refractivity contribution in [2.75, 3.05) is 0 Å². The van der Waals surface area contributed by atoms with Crippen molar-refractivity contribution in [1.29, 1.82) is 0 Å². The third-order valence-corrected chi connectivity index (χ3v) is 7.28. The van der Waals surface area contributed by atoms with Crippen molar-refractivity contribution in [3.63, 3.8) is 0 Å². The molecule has 0 nitrogen and oxygen atoms in total. The van der Waals surface area contributed by atoms with Crippen molar-refractivity contribution in [2.24, 2.45) is 0 Å². The van der Waals surface area contributed by atoms with Crippen LogP contribution in [0, 0.1) is 0 Å². The Labute approximate surface area is 200 Å². The summed E-state index contributed by atoms with van der Waals surface area (Å²) in [7, 11) is 0. The van der Waals surface area contributed by atoms with E-state index < -0.39 is 0 Å². The zero-order chi connectivity index (χ0) is 22.4. The highest BCUT2D eigenvalue weighted by Crippen LogP contribution is 2.55. The minimum absolute atomic E-state index is 0.253. The maximum absolute atomic E-state index is 6.51. The largest absolute Gasteiger partial charge is 0.0843 e. The van der Waals surface area contributed by atoms with Gasteiger partial charge in [-0.05, 0) is 69.1 Å². The van der Waals surface area contributed by atoms with Gasteiger partial charge < -0.3 is 0 Å². The van der Waals surface area contributed by atoms with E-state index in [1.165, 1.54) is 50.1 Å². The predicted octanol–water partition coefficient (Wildman–Crippen LogP) is 9.01. The van der Waals surface area contributed by atoms with E-state index in [-0.39, 0.29) is 5.41 Å². The number of hydrogen-bond donors (Lipinski definition) is 0. The van der Waals surface area contributed by atoms with Gasteiger partial charge in [-0.15, -0.1) is 0 Å². The van der Waals surface area contributed by atoms with Crippen LogP contribution in [0.25, 0.3) is 33.4 Å². The van der Waals surface area contributed by atoms with Gasteiger partial charge in [0.15, 0.2) is 0 Å². The highest BCUT2D eigenvalue weighted by atomic mass is 35.5. The van der Waals surface area contributed by atoms with Crippen LogP contribution in [0.15, 0.2) is 121 Å². The quantitative estimate of drug-likeness (QED) is 0.261. The van der Waals surface area contributed by atoms with E-state index in [9.17, 15) is 0 Å². The molecule has 1 atom stereocenters. The summed E-state index contributed by atoms with van der Waals surface area (Å²) in [5, 5.41) is 0.775. The summed E-state index contributed by atoms with van der Waals surface area (Å²) in [6.45, 7) is 2.33. The van der Waals surface area contributed by atoms with Crippen molar-refractivity contribution in [3.05, 3.63) is 143 Å². The molecule has 0 heterocycles. The highest BCUT2D eigenvalue weighted by Gasteiger charge is 2.41. The fourth-order valence-electron chi connectivity index (χ4n) is 5.35. The lowest BCUT2D eigenvalue weighted by atomic mass is 9.74. The Hall–Kier alpha value is -3.61. The monoisotopic (exact) mass is 442 g/mol. The summed E-state index contributed by atoms with van der Waals surface area (Å²) >= 11 is 6.51. The van der Waals surface area contributed by atoms with E-state index in [2.05, 4.69) is 122 Å². The second-order valence-corrected chi connectivity index (χ2v) is 9.29. The molecule has 6 rings (SSSR count). The van der Waals surface area contributed by atoms with Crippen LogP contribution in [0.2, 0.25) is 5.02 Å². The smallest absolute Gasteiger partial charge is 0.0436 e. The Balaban J connectivity index is 1.56. The number of rotatable bonds is 3. The number of hydrogen-bond acceptors (Lipinski definition) is 0. The normalized spacial score (nSPS) is 16.3. The third-order valence-electron chi connectivity index (χ3n) is 7.05. The van der Waals surface area contributed by atoms with Crippen LogP contribution in [0.5, 0.6) is 0 Å². The lowest BCUT2D eigenvalue weighted by Crippen LogP contribution is -2.22. The SMILES string of the molecule is CC1(c2ccccc2)c2cc(Cl)ccc2-c2c(-c3ccc(-c4ccccc4)cc3)cccc21. The standard InChI is InChI=1S/C32H23Cl/c1-32(25-11-6-3-7-12-25)29-14-8-13-27(31(29)28-20-19-26(33)21-30(28)32)24-17-15-23(16-18-24)22-9-4-2-5-10-22/h2-21H,1H3. The predicted molar refractivity (Wildman–Crippen MR) is 140 cm³/mol. The lowest BCUT2D eigenvalue weighted by Gasteiger charge is -2.28. The van der Waals surface area contributed by atoms with Gasteiger partial charge in [-0.1, -0.05) is 121 Å². The third kappa shape index (κ3) is 3.14. The fourth-order valence-corrected chi connectivity index (χ4v) is 5.52. The number of benzene rings is 5. The first kappa shape index (κ1) is 20.0. The molecular weight excluding hydrogens is 420 g/mol. The second-order valence-electron chi connectivity index (χ2n) is 8.85. The zero-order valence-electron chi connectivity index (χ0n) is 18.4. The van der Waals surface area contributed by atoms with Crippen LogP contribution in [-0.4, -0.2) is 0 Å². The fraction of sp³-hybridized carbons (Fsp3) is 0.0625. The first-order valence-corrected chi connectivity index (χ1v) is 11.7. The molecule has 0 radical (unpaired) electrons. The van der Waals surface area contributed by atoms with Gasteiger partial charge in [0.1, 0.15) is 0 Å². The molecule has 0 amide bonds. The molecule has 158 valence electrons. The molecular formula is C32H23Cl. The molecule has 0 aliphatic heterocycles. The van der Waals surface area contributed by atoms with Gasteiger partial charge >= 0.3 is 0 Å². The van der Waals surface area contributed by atoms with Crippen molar-refractivity contribution < 1.29 is 0 Å². The van der Waals surface area contributed by atoms with Crippen LogP contribution >= 0.6 is 11.6 Å². The molecule has 0 bridgehead atoms. The maximum Gasteiger partial charge on any atom is 0.0436 e. The topological polar surface area (TPSA) is 0 Å². The van der Waals surface area contributed by atoms with Gasteiger partial charge in [0, 0.05) is 10.4 Å². The molecule has 5 aromatic carbocycles. The van der Waals surface area contributed by atoms with E-state index >= 15 is 0 Å². The van der Waals surface area contributed by atoms with Crippen molar-refractivity contribution >= 4 is 11.6 Å². The summed E-state index contributed by atoms with van der Waals surface area (Å²) in [5.41, 5.74) is 11.2. The summed E-state index contributed by atoms with van der Waals surface area (Å²) in [6, 6.07) is 43.3. The molecule has 1 aliphatic carbocycles. The summed E-state index contributed by atoms with van der Waals surface area (Å²) < 4.78 is 0. The van der Waals surface area contributed by atoms with Crippen LogP contribution in [-0.2, 0) is 5.41 Å². The van der Waals surface area contributed by atoms with Crippen LogP contribution in [0.4, 0.5) is 0 Å². The molecule has 1 aliphatic rings. The van der Waals surface area contributed by atoms with Crippen molar-refractivity contribution in [1.82, 2.24) is 0 Å². The van der Waals surface area contributed by atoms with Gasteiger partial charge in [-0.3, -0.25) is 0 Å². The summed E-state index contributed by atoms with van der Waals surface area (Å²) in [6.07, 6.45) is 0. The summed E-state index contributed by atoms with van der Waals surface area (Å²) in [4.78, 5) is 0. The van der Waals surface area contributed by atoms with Crippen molar-refractivity contribution in [3.8, 4) is 33.4 Å². The molecule has 5 aromatic rings. The maximum atomic E-state index is 6.51. The number of fused-ring (bicyclic) bond motifs is 3. The average Bonchev–Trinajstić information content (AvgIpc) is 3.14. The Morgan fingerprint density at radius 3 is 1.88 bits per heavy atom. The highest BCUT2D eigenvalue weighted by molar-refractivity contribution is 6.30. The van der Waals surface area contributed by atoms with Crippen LogP contribution < -0.4 is 0 Å². The molecule has 0 saturated heterocycles. The Bertz CT molecular complexity index is 1450. The Morgan fingerprint density at radius 1 is 0.515 bits per heavy atom. The van der Waals surface area contributed by atoms with E-state index in [1.54, 1.807) is 0 Å². The molecule has 0 N–H and O–H groups in total. The first-order valence-electron chi connectivity index (χ1n) is 11.3. The minimum Gasteiger partial charge on any atom is -0.0843 e. The lowest BCUT2D eigenvalue weighted by molar-refractivity contribution is 0.714. The minimum atomic E-state index is -0.253. The molecule has 1 unspecified atom stereocenters. The average molecular weight is 443 g/mol. The second kappa shape index (κ2) is 7.76. The van der Waals surface area contributed by atoms with Crippen molar-refractivity contribution in [2.45, 2.75) is 12.3 Å². The molecule has 0 fully saturated rings. The van der Waals surface area contributed by atoms with Gasteiger partial charge in [-0.25, -0.2) is 0 Å². The van der Waals surface area contributed by atoms with Gasteiger partial charge in [-0.2, -0.15) is 0 Å². The Morgan fingerprint density at radius 2 is 1.15 bits per heavy atom. The molecule has 0 spiro atoms. The van der Waals surface area contributed by atoms with E-state index in [1.807, 2.05) is 6.07 Å². The summed E-state index contributed by atoms with van der Waals surface area (Å²) in [5.74, 6) is 0. The molecule has 1 heteroatoms. The molecule has 33 heavy (non-hydrogen) atoms. The Kier molecular flexibility index (Phi) is 4.71. The number of halogens is 1. The van der Waals surface area contributed by atoms with Gasteiger partial charge in [0.25, 0.3) is 0 Å². The molecule has 0 aromatic heterocycles. The van der Waals surface area contributed by atoms with Crippen LogP contribution in [0.1, 0.15) is 23.6 Å². The van der Waals surface area contributed by atoms with Crippen LogP contribution in [0.3, 0.4) is 0 Å². The van der Waals surface area contributed by atoms with E-state index in [0.29, 0.717) is 0 Å². The molecule has 0 saturated carbocycles. The zero-order valence-corrected chi connectivity index (χ0v) is 19.2. The van der Waals surface area contributed by atoms with E-state index in [4.69, 9.17) is 11.6 Å². The first-order chi connectivity index (χ1) is 16.2.